The molecule has 2 aromatic heterocycles. The van der Waals surface area contributed by atoms with Crippen LogP contribution in [0.15, 0.2) is 59.4 Å². The normalized spacial score (nSPS) is 11.0. The zero-order valence-corrected chi connectivity index (χ0v) is 15.9. The van der Waals surface area contributed by atoms with E-state index < -0.39 is 5.69 Å². The van der Waals surface area contributed by atoms with Gasteiger partial charge in [0.1, 0.15) is 18.2 Å². The molecule has 29 heavy (non-hydrogen) atoms. The molecule has 0 aliphatic rings. The molecule has 2 heterocycles. The van der Waals surface area contributed by atoms with Gasteiger partial charge in [0, 0.05) is 23.0 Å². The van der Waals surface area contributed by atoms with Gasteiger partial charge in [-0.25, -0.2) is 23.3 Å². The van der Waals surface area contributed by atoms with Crippen LogP contribution in [0.1, 0.15) is 11.3 Å². The number of rotatable bonds is 4. The molecular weight excluding hydrogens is 373 g/mol. The number of amides is 1. The number of aryl methyl sites for hydroxylation is 2. The quantitative estimate of drug-likeness (QED) is 0.580. The molecule has 0 unspecified atom stereocenters. The van der Waals surface area contributed by atoms with Crippen LogP contribution in [0.5, 0.6) is 0 Å². The Morgan fingerprint density at radius 3 is 2.55 bits per heavy atom. The molecule has 4 aromatic rings. The Balaban J connectivity index is 1.72. The number of nitrogens with zero attached hydrogens (tertiary/aromatic N) is 4. The smallest absolute Gasteiger partial charge is 0.324 e. The standard InChI is InChI=1S/C21H18FN5O2/c1-13-5-3-4-6-17(13)24-19(28)12-26-21(29)27-18(25-26)11-14(2)23-20(27)15-7-9-16(22)10-8-15/h3-11H,12H2,1-2H3,(H,24,28). The number of hydrogen-bond acceptors (Lipinski definition) is 4. The van der Waals surface area contributed by atoms with Crippen LogP contribution in [-0.2, 0) is 11.3 Å². The second-order valence-corrected chi connectivity index (χ2v) is 6.72. The summed E-state index contributed by atoms with van der Waals surface area (Å²) in [6.45, 7) is 3.42. The van der Waals surface area contributed by atoms with E-state index in [-0.39, 0.29) is 18.3 Å². The maximum atomic E-state index is 13.3. The van der Waals surface area contributed by atoms with Crippen LogP contribution in [0.3, 0.4) is 0 Å². The second kappa shape index (κ2) is 7.31. The zero-order valence-electron chi connectivity index (χ0n) is 15.9. The fourth-order valence-electron chi connectivity index (χ4n) is 3.09. The molecule has 0 radical (unpaired) electrons. The van der Waals surface area contributed by atoms with Crippen LogP contribution in [0, 0.1) is 19.7 Å². The van der Waals surface area contributed by atoms with Crippen molar-refractivity contribution in [2.24, 2.45) is 0 Å². The highest BCUT2D eigenvalue weighted by Gasteiger charge is 2.16. The first-order valence-electron chi connectivity index (χ1n) is 9.01. The molecule has 0 saturated carbocycles. The van der Waals surface area contributed by atoms with Gasteiger partial charge in [-0.1, -0.05) is 18.2 Å². The van der Waals surface area contributed by atoms with E-state index in [1.807, 2.05) is 25.1 Å². The molecule has 8 heteroatoms. The van der Waals surface area contributed by atoms with Crippen molar-refractivity contribution in [1.29, 1.82) is 0 Å². The first-order valence-corrected chi connectivity index (χ1v) is 9.01. The van der Waals surface area contributed by atoms with Crippen molar-refractivity contribution in [3.63, 3.8) is 0 Å². The molecule has 0 fully saturated rings. The Kier molecular flexibility index (Phi) is 4.67. The monoisotopic (exact) mass is 391 g/mol. The van der Waals surface area contributed by atoms with Crippen LogP contribution in [0.2, 0.25) is 0 Å². The first kappa shape index (κ1) is 18.5. The van der Waals surface area contributed by atoms with E-state index in [1.54, 1.807) is 31.2 Å². The Morgan fingerprint density at radius 1 is 1.10 bits per heavy atom. The predicted molar refractivity (Wildman–Crippen MR) is 107 cm³/mol. The number of carbonyl (C=O) groups excluding carboxylic acids is 1. The first-order chi connectivity index (χ1) is 13.9. The molecule has 2 aromatic carbocycles. The van der Waals surface area contributed by atoms with Crippen molar-refractivity contribution in [3.8, 4) is 11.4 Å². The lowest BCUT2D eigenvalue weighted by Crippen LogP contribution is -2.29. The topological polar surface area (TPSA) is 81.3 Å². The third-order valence-corrected chi connectivity index (χ3v) is 4.51. The van der Waals surface area contributed by atoms with Gasteiger partial charge in [0.25, 0.3) is 0 Å². The van der Waals surface area contributed by atoms with Gasteiger partial charge in [-0.3, -0.25) is 4.79 Å². The number of anilines is 1. The fourth-order valence-corrected chi connectivity index (χ4v) is 3.09. The molecule has 0 atom stereocenters. The molecule has 146 valence electrons. The molecule has 4 rings (SSSR count). The number of nitrogens with one attached hydrogen (secondary N) is 1. The Hall–Kier alpha value is -3.81. The van der Waals surface area contributed by atoms with Crippen LogP contribution >= 0.6 is 0 Å². The molecule has 0 bridgehead atoms. The summed E-state index contributed by atoms with van der Waals surface area (Å²) in [6.07, 6.45) is 0. The van der Waals surface area contributed by atoms with Gasteiger partial charge in [-0.15, -0.1) is 5.10 Å². The van der Waals surface area contributed by atoms with Crippen molar-refractivity contribution in [1.82, 2.24) is 19.2 Å². The SMILES string of the molecule is Cc1cc2nn(CC(=O)Nc3ccccc3C)c(=O)n2c(-c2ccc(F)cc2)n1. The molecule has 0 saturated heterocycles. The summed E-state index contributed by atoms with van der Waals surface area (Å²) in [5.41, 5.74) is 2.70. The lowest BCUT2D eigenvalue weighted by molar-refractivity contribution is -0.117. The highest BCUT2D eigenvalue weighted by Crippen LogP contribution is 2.18. The average Bonchev–Trinajstić information content (AvgIpc) is 2.98. The molecule has 0 aliphatic heterocycles. The van der Waals surface area contributed by atoms with Crippen LogP contribution in [-0.4, -0.2) is 25.1 Å². The summed E-state index contributed by atoms with van der Waals surface area (Å²) in [7, 11) is 0. The summed E-state index contributed by atoms with van der Waals surface area (Å²) in [5, 5.41) is 7.06. The number of carbonyl (C=O) groups is 1. The number of halogens is 1. The minimum absolute atomic E-state index is 0.239. The van der Waals surface area contributed by atoms with Gasteiger partial charge in [0.2, 0.25) is 5.91 Å². The van der Waals surface area contributed by atoms with Crippen molar-refractivity contribution < 1.29 is 9.18 Å². The van der Waals surface area contributed by atoms with Gasteiger partial charge in [-0.05, 0) is 49.7 Å². The number of para-hydroxylation sites is 1. The third kappa shape index (κ3) is 3.64. The number of hydrogen-bond donors (Lipinski definition) is 1. The third-order valence-electron chi connectivity index (χ3n) is 4.51. The Labute approximate surface area is 165 Å². The number of fused-ring (bicyclic) bond motifs is 1. The van der Waals surface area contributed by atoms with Gasteiger partial charge in [0.05, 0.1) is 0 Å². The Bertz CT molecular complexity index is 1270. The minimum atomic E-state index is -0.494. The van der Waals surface area contributed by atoms with Crippen molar-refractivity contribution in [2.75, 3.05) is 5.32 Å². The molecular formula is C21H18FN5O2. The minimum Gasteiger partial charge on any atom is -0.324 e. The molecule has 1 N–H and O–H groups in total. The van der Waals surface area contributed by atoms with Gasteiger partial charge < -0.3 is 5.32 Å². The summed E-state index contributed by atoms with van der Waals surface area (Å²) < 4.78 is 15.7. The number of benzene rings is 2. The van der Waals surface area contributed by atoms with Crippen molar-refractivity contribution in [2.45, 2.75) is 20.4 Å². The number of aromatic nitrogens is 4. The summed E-state index contributed by atoms with van der Waals surface area (Å²) in [5.74, 6) is -0.401. The fraction of sp³-hybridized carbons (Fsp3) is 0.143. The maximum Gasteiger partial charge on any atom is 0.352 e. The van der Waals surface area contributed by atoms with Crippen molar-refractivity contribution >= 4 is 17.2 Å². The average molecular weight is 391 g/mol. The Morgan fingerprint density at radius 2 is 1.83 bits per heavy atom. The molecule has 1 amide bonds. The van der Waals surface area contributed by atoms with Crippen LogP contribution < -0.4 is 11.0 Å². The summed E-state index contributed by atoms with van der Waals surface area (Å²) in [4.78, 5) is 29.8. The lowest BCUT2D eigenvalue weighted by Gasteiger charge is -2.07. The second-order valence-electron chi connectivity index (χ2n) is 6.72. The molecule has 7 nitrogen and oxygen atoms in total. The van der Waals surface area contributed by atoms with Crippen LogP contribution in [0.4, 0.5) is 10.1 Å². The van der Waals surface area contributed by atoms with E-state index in [9.17, 15) is 14.0 Å². The largest absolute Gasteiger partial charge is 0.352 e. The molecule has 0 spiro atoms. The molecule has 0 aliphatic carbocycles. The van der Waals surface area contributed by atoms with E-state index in [1.165, 1.54) is 16.5 Å². The lowest BCUT2D eigenvalue weighted by atomic mass is 10.2. The van der Waals surface area contributed by atoms with Gasteiger partial charge >= 0.3 is 5.69 Å². The highest BCUT2D eigenvalue weighted by atomic mass is 19.1. The summed E-state index contributed by atoms with van der Waals surface area (Å²) >= 11 is 0. The highest BCUT2D eigenvalue weighted by molar-refractivity contribution is 5.91. The van der Waals surface area contributed by atoms with E-state index in [4.69, 9.17) is 0 Å². The van der Waals surface area contributed by atoms with Crippen molar-refractivity contribution in [3.05, 3.63) is 82.2 Å². The van der Waals surface area contributed by atoms with Gasteiger partial charge in [0.15, 0.2) is 5.65 Å². The van der Waals surface area contributed by atoms with E-state index in [0.29, 0.717) is 28.4 Å². The van der Waals surface area contributed by atoms with E-state index in [0.717, 1.165) is 10.2 Å². The summed E-state index contributed by atoms with van der Waals surface area (Å²) in [6, 6.07) is 14.7. The maximum absolute atomic E-state index is 13.3. The van der Waals surface area contributed by atoms with Crippen LogP contribution in [0.25, 0.3) is 17.0 Å². The van der Waals surface area contributed by atoms with Gasteiger partial charge in [-0.2, -0.15) is 0 Å². The van der Waals surface area contributed by atoms with E-state index in [2.05, 4.69) is 15.4 Å². The van der Waals surface area contributed by atoms with E-state index >= 15 is 0 Å². The zero-order chi connectivity index (χ0) is 20.5. The predicted octanol–water partition coefficient (Wildman–Crippen LogP) is 2.95.